The molecular formula is C25H27N5O4S. The summed E-state index contributed by atoms with van der Waals surface area (Å²) in [5.74, 6) is 1.94. The average Bonchev–Trinajstić information content (AvgIpc) is 3.63. The fourth-order valence-electron chi connectivity index (χ4n) is 4.24. The number of nitrogens with zero attached hydrogens (tertiary/aromatic N) is 3. The maximum absolute atomic E-state index is 12.8. The van der Waals surface area contributed by atoms with Crippen LogP contribution in [-0.2, 0) is 16.1 Å². The van der Waals surface area contributed by atoms with Crippen molar-refractivity contribution in [3.63, 3.8) is 0 Å². The molecule has 1 aliphatic heterocycles. The zero-order valence-corrected chi connectivity index (χ0v) is 20.4. The molecule has 1 atom stereocenters. The van der Waals surface area contributed by atoms with E-state index in [0.29, 0.717) is 28.9 Å². The van der Waals surface area contributed by atoms with Gasteiger partial charge in [-0.15, -0.1) is 10.2 Å². The van der Waals surface area contributed by atoms with Gasteiger partial charge in [-0.25, -0.2) is 0 Å². The number of para-hydroxylation sites is 1. The first kappa shape index (κ1) is 23.3. The van der Waals surface area contributed by atoms with Crippen molar-refractivity contribution >= 4 is 34.3 Å². The lowest BCUT2D eigenvalue weighted by atomic mass is 10.1. The molecule has 1 unspecified atom stereocenters. The number of ether oxygens (including phenoxy) is 3. The Bertz CT molecular complexity index is 1330. The van der Waals surface area contributed by atoms with E-state index < -0.39 is 0 Å². The van der Waals surface area contributed by atoms with Gasteiger partial charge in [0.25, 0.3) is 0 Å². The van der Waals surface area contributed by atoms with Gasteiger partial charge in [0.1, 0.15) is 11.5 Å². The van der Waals surface area contributed by atoms with Gasteiger partial charge in [-0.3, -0.25) is 9.36 Å². The van der Waals surface area contributed by atoms with Gasteiger partial charge in [0, 0.05) is 35.3 Å². The minimum Gasteiger partial charge on any atom is -0.497 e. The van der Waals surface area contributed by atoms with Crippen LogP contribution in [-0.4, -0.2) is 58.3 Å². The Balaban J connectivity index is 1.37. The Morgan fingerprint density at radius 1 is 1.23 bits per heavy atom. The standard InChI is InChI=1S/C25H27N5O4S/c1-32-16-9-10-22(33-2)21(12-16)27-23(31)15-35-25-29-28-24(30(25)14-17-6-5-11-34-17)19-13-26-20-8-4-3-7-18(19)20/h3-4,7-10,12-13,17,26H,5-6,11,14-15H2,1-2H3,(H,27,31). The number of aromatic amines is 1. The number of carbonyl (C=O) groups excluding carboxylic acids is 1. The van der Waals surface area contributed by atoms with Crippen LogP contribution < -0.4 is 14.8 Å². The highest BCUT2D eigenvalue weighted by Gasteiger charge is 2.23. The molecule has 2 aromatic heterocycles. The third-order valence-electron chi connectivity index (χ3n) is 5.97. The Morgan fingerprint density at radius 2 is 2.11 bits per heavy atom. The number of hydrogen-bond acceptors (Lipinski definition) is 7. The van der Waals surface area contributed by atoms with Crippen molar-refractivity contribution < 1.29 is 19.0 Å². The molecule has 10 heteroatoms. The summed E-state index contributed by atoms with van der Waals surface area (Å²) in [7, 11) is 3.14. The largest absolute Gasteiger partial charge is 0.497 e. The highest BCUT2D eigenvalue weighted by atomic mass is 32.2. The number of methoxy groups -OCH3 is 2. The van der Waals surface area contributed by atoms with Crippen LogP contribution in [0.5, 0.6) is 11.5 Å². The van der Waals surface area contributed by atoms with Crippen molar-refractivity contribution in [1.29, 1.82) is 0 Å². The summed E-state index contributed by atoms with van der Waals surface area (Å²) in [6.07, 6.45) is 4.09. The molecule has 3 heterocycles. The second kappa shape index (κ2) is 10.4. The second-order valence-corrected chi connectivity index (χ2v) is 9.15. The second-order valence-electron chi connectivity index (χ2n) is 8.20. The van der Waals surface area contributed by atoms with Gasteiger partial charge in [-0.05, 0) is 31.0 Å². The summed E-state index contributed by atoms with van der Waals surface area (Å²) in [5, 5.41) is 13.6. The van der Waals surface area contributed by atoms with E-state index in [1.54, 1.807) is 32.4 Å². The number of amides is 1. The van der Waals surface area contributed by atoms with E-state index in [-0.39, 0.29) is 17.8 Å². The van der Waals surface area contributed by atoms with E-state index in [0.717, 1.165) is 41.7 Å². The number of anilines is 1. The van der Waals surface area contributed by atoms with E-state index in [4.69, 9.17) is 14.2 Å². The molecular weight excluding hydrogens is 466 g/mol. The van der Waals surface area contributed by atoms with Crippen LogP contribution in [0.1, 0.15) is 12.8 Å². The zero-order chi connectivity index (χ0) is 24.2. The van der Waals surface area contributed by atoms with Crippen LogP contribution in [0.4, 0.5) is 5.69 Å². The quantitative estimate of drug-likeness (QED) is 0.334. The van der Waals surface area contributed by atoms with E-state index in [9.17, 15) is 4.79 Å². The summed E-state index contributed by atoms with van der Waals surface area (Å²) >= 11 is 1.34. The summed E-state index contributed by atoms with van der Waals surface area (Å²) in [6.45, 7) is 1.40. The van der Waals surface area contributed by atoms with Crippen LogP contribution in [0, 0.1) is 0 Å². The van der Waals surface area contributed by atoms with Gasteiger partial charge < -0.3 is 24.5 Å². The molecule has 1 aliphatic rings. The number of thioether (sulfide) groups is 1. The first-order chi connectivity index (χ1) is 17.2. The molecule has 1 amide bonds. The smallest absolute Gasteiger partial charge is 0.234 e. The first-order valence-electron chi connectivity index (χ1n) is 11.4. The molecule has 0 saturated carbocycles. The molecule has 9 nitrogen and oxygen atoms in total. The zero-order valence-electron chi connectivity index (χ0n) is 19.6. The number of carbonyl (C=O) groups is 1. The molecule has 2 N–H and O–H groups in total. The molecule has 0 aliphatic carbocycles. The molecule has 0 spiro atoms. The molecule has 2 aromatic carbocycles. The molecule has 5 rings (SSSR count). The predicted molar refractivity (Wildman–Crippen MR) is 135 cm³/mol. The lowest BCUT2D eigenvalue weighted by Gasteiger charge is -2.15. The van der Waals surface area contributed by atoms with Crippen LogP contribution in [0.3, 0.4) is 0 Å². The van der Waals surface area contributed by atoms with E-state index in [1.165, 1.54) is 11.8 Å². The van der Waals surface area contributed by atoms with Crippen molar-refractivity contribution in [2.45, 2.75) is 30.6 Å². The minimum absolute atomic E-state index is 0.101. The Hall–Kier alpha value is -3.50. The van der Waals surface area contributed by atoms with Crippen molar-refractivity contribution in [3.05, 3.63) is 48.7 Å². The van der Waals surface area contributed by atoms with E-state index in [2.05, 4.69) is 31.1 Å². The highest BCUT2D eigenvalue weighted by molar-refractivity contribution is 7.99. The van der Waals surface area contributed by atoms with Gasteiger partial charge >= 0.3 is 0 Å². The maximum atomic E-state index is 12.8. The fourth-order valence-corrected chi connectivity index (χ4v) is 4.98. The lowest BCUT2D eigenvalue weighted by Crippen LogP contribution is -2.18. The van der Waals surface area contributed by atoms with Crippen molar-refractivity contribution in [2.75, 3.05) is 31.9 Å². The first-order valence-corrected chi connectivity index (χ1v) is 12.4. The van der Waals surface area contributed by atoms with Crippen molar-refractivity contribution in [2.24, 2.45) is 0 Å². The molecule has 1 fully saturated rings. The topological polar surface area (TPSA) is 103 Å². The van der Waals surface area contributed by atoms with Gasteiger partial charge in [0.2, 0.25) is 5.91 Å². The Labute approximate surface area is 207 Å². The molecule has 1 saturated heterocycles. The molecule has 182 valence electrons. The molecule has 0 radical (unpaired) electrons. The van der Waals surface area contributed by atoms with Gasteiger partial charge in [0.05, 0.1) is 38.3 Å². The maximum Gasteiger partial charge on any atom is 0.234 e. The summed E-state index contributed by atoms with van der Waals surface area (Å²) in [5.41, 5.74) is 2.57. The van der Waals surface area contributed by atoms with Crippen LogP contribution >= 0.6 is 11.8 Å². The number of hydrogen-bond donors (Lipinski definition) is 2. The van der Waals surface area contributed by atoms with E-state index in [1.807, 2.05) is 24.4 Å². The normalized spacial score (nSPS) is 15.4. The molecule has 0 bridgehead atoms. The van der Waals surface area contributed by atoms with Gasteiger partial charge in [0.15, 0.2) is 11.0 Å². The monoisotopic (exact) mass is 493 g/mol. The number of benzene rings is 2. The lowest BCUT2D eigenvalue weighted by molar-refractivity contribution is -0.113. The number of nitrogens with one attached hydrogen (secondary N) is 2. The fraction of sp³-hybridized carbons (Fsp3) is 0.320. The molecule has 4 aromatic rings. The third-order valence-corrected chi connectivity index (χ3v) is 6.94. The number of rotatable bonds is 9. The van der Waals surface area contributed by atoms with E-state index >= 15 is 0 Å². The summed E-state index contributed by atoms with van der Waals surface area (Å²) in [4.78, 5) is 16.1. The van der Waals surface area contributed by atoms with Crippen LogP contribution in [0.25, 0.3) is 22.3 Å². The summed E-state index contributed by atoms with van der Waals surface area (Å²) < 4.78 is 18.6. The Kier molecular flexibility index (Phi) is 6.91. The van der Waals surface area contributed by atoms with Crippen LogP contribution in [0.15, 0.2) is 53.8 Å². The predicted octanol–water partition coefficient (Wildman–Crippen LogP) is 4.35. The number of fused-ring (bicyclic) bond motifs is 1. The van der Waals surface area contributed by atoms with Crippen molar-refractivity contribution in [3.8, 4) is 22.9 Å². The Morgan fingerprint density at radius 3 is 2.91 bits per heavy atom. The SMILES string of the molecule is COc1ccc(OC)c(NC(=O)CSc2nnc(-c3c[nH]c4ccccc34)n2CC2CCCO2)c1. The summed E-state index contributed by atoms with van der Waals surface area (Å²) in [6, 6.07) is 13.4. The average molecular weight is 494 g/mol. The molecule has 35 heavy (non-hydrogen) atoms. The van der Waals surface area contributed by atoms with Gasteiger partial charge in [-0.1, -0.05) is 30.0 Å². The van der Waals surface area contributed by atoms with Crippen LogP contribution in [0.2, 0.25) is 0 Å². The van der Waals surface area contributed by atoms with Crippen molar-refractivity contribution in [1.82, 2.24) is 19.7 Å². The minimum atomic E-state index is -0.179. The number of H-pyrrole nitrogens is 1. The number of aromatic nitrogens is 4. The van der Waals surface area contributed by atoms with Gasteiger partial charge in [-0.2, -0.15) is 0 Å². The third kappa shape index (κ3) is 4.98. The highest BCUT2D eigenvalue weighted by Crippen LogP contribution is 2.32.